The molecule has 0 aromatic carbocycles. The lowest BCUT2D eigenvalue weighted by atomic mass is 10.3. The molecule has 0 amide bonds. The molecule has 0 spiro atoms. The summed E-state index contributed by atoms with van der Waals surface area (Å²) in [5.41, 5.74) is 0.978. The highest BCUT2D eigenvalue weighted by Gasteiger charge is 2.09. The van der Waals surface area contributed by atoms with Crippen molar-refractivity contribution < 1.29 is 9.53 Å². The lowest BCUT2D eigenvalue weighted by Crippen LogP contribution is -2.06. The van der Waals surface area contributed by atoms with Gasteiger partial charge in [0.05, 0.1) is 12.2 Å². The fourth-order valence-corrected chi connectivity index (χ4v) is 1.52. The van der Waals surface area contributed by atoms with E-state index in [1.54, 1.807) is 19.2 Å². The number of hydrogen-bond donors (Lipinski definition) is 0. The summed E-state index contributed by atoms with van der Waals surface area (Å²) in [7, 11) is 0. The number of nitrogens with zero attached hydrogens (tertiary/aromatic N) is 3. The quantitative estimate of drug-likeness (QED) is 0.815. The predicted molar refractivity (Wildman–Crippen MR) is 68.9 cm³/mol. The Morgan fingerprint density at radius 3 is 2.50 bits per heavy atom. The molecule has 0 aliphatic rings. The smallest absolute Gasteiger partial charge is 0.341 e. The van der Waals surface area contributed by atoms with Crippen molar-refractivity contribution >= 4 is 21.9 Å². The van der Waals surface area contributed by atoms with Gasteiger partial charge in [0.2, 0.25) is 0 Å². The van der Waals surface area contributed by atoms with Gasteiger partial charge in [0.1, 0.15) is 5.69 Å². The highest BCUT2D eigenvalue weighted by molar-refractivity contribution is 9.10. The van der Waals surface area contributed by atoms with Crippen LogP contribution in [-0.2, 0) is 4.74 Å². The second-order valence-electron chi connectivity index (χ2n) is 3.38. The van der Waals surface area contributed by atoms with Gasteiger partial charge in [0, 0.05) is 23.1 Å². The zero-order valence-electron chi connectivity index (χ0n) is 9.63. The maximum absolute atomic E-state index is 11.4. The molecule has 5 nitrogen and oxygen atoms in total. The van der Waals surface area contributed by atoms with E-state index in [0.29, 0.717) is 23.7 Å². The van der Waals surface area contributed by atoms with Gasteiger partial charge < -0.3 is 4.74 Å². The van der Waals surface area contributed by atoms with Crippen LogP contribution in [0.4, 0.5) is 0 Å². The molecule has 0 radical (unpaired) electrons. The molecular formula is C12H10BrN3O2. The Hall–Kier alpha value is -1.82. The van der Waals surface area contributed by atoms with Gasteiger partial charge in [-0.3, -0.25) is 4.98 Å². The van der Waals surface area contributed by atoms with Gasteiger partial charge in [0.25, 0.3) is 0 Å². The fourth-order valence-electron chi connectivity index (χ4n) is 1.29. The summed E-state index contributed by atoms with van der Waals surface area (Å²) in [5.74, 6) is 0.0448. The minimum Gasteiger partial charge on any atom is -0.462 e. The molecule has 0 atom stereocenters. The van der Waals surface area contributed by atoms with Crippen LogP contribution in [0, 0.1) is 0 Å². The largest absolute Gasteiger partial charge is 0.462 e. The van der Waals surface area contributed by atoms with Crippen molar-refractivity contribution in [3.8, 4) is 11.5 Å². The molecule has 0 aliphatic heterocycles. The lowest BCUT2D eigenvalue weighted by Gasteiger charge is -2.02. The van der Waals surface area contributed by atoms with E-state index in [1.807, 2.05) is 6.07 Å². The maximum Gasteiger partial charge on any atom is 0.341 e. The van der Waals surface area contributed by atoms with Crippen molar-refractivity contribution in [3.63, 3.8) is 0 Å². The summed E-state index contributed by atoms with van der Waals surface area (Å²) in [4.78, 5) is 23.8. The number of pyridine rings is 1. The van der Waals surface area contributed by atoms with E-state index >= 15 is 0 Å². The minimum atomic E-state index is -0.423. The zero-order chi connectivity index (χ0) is 13.0. The summed E-state index contributed by atoms with van der Waals surface area (Å²) < 4.78 is 5.73. The molecule has 0 N–H and O–H groups in total. The van der Waals surface area contributed by atoms with Crippen LogP contribution in [0.2, 0.25) is 0 Å². The minimum absolute atomic E-state index is 0.328. The first kappa shape index (κ1) is 12.6. The Balaban J connectivity index is 2.22. The van der Waals surface area contributed by atoms with E-state index in [4.69, 9.17) is 4.74 Å². The molecule has 2 aromatic heterocycles. The molecule has 0 bridgehead atoms. The molecular weight excluding hydrogens is 298 g/mol. The monoisotopic (exact) mass is 307 g/mol. The Kier molecular flexibility index (Phi) is 3.99. The van der Waals surface area contributed by atoms with Gasteiger partial charge in [-0.15, -0.1) is 0 Å². The maximum atomic E-state index is 11.4. The third kappa shape index (κ3) is 2.89. The second kappa shape index (κ2) is 5.68. The Labute approximate surface area is 112 Å². The highest BCUT2D eigenvalue weighted by atomic mass is 79.9. The number of ether oxygens (including phenoxy) is 1. The number of halogens is 1. The standard InChI is InChI=1S/C12H10BrN3O2/c1-2-18-12(17)8-5-15-11(16-6-8)10-4-3-9(13)7-14-10/h3-7H,2H2,1H3. The molecule has 0 fully saturated rings. The zero-order valence-corrected chi connectivity index (χ0v) is 11.2. The van der Waals surface area contributed by atoms with Gasteiger partial charge >= 0.3 is 5.97 Å². The van der Waals surface area contributed by atoms with E-state index in [9.17, 15) is 4.79 Å². The van der Waals surface area contributed by atoms with Crippen LogP contribution < -0.4 is 0 Å². The Bertz CT molecular complexity index is 540. The predicted octanol–water partition coefficient (Wildman–Crippen LogP) is 2.48. The average molecular weight is 308 g/mol. The van der Waals surface area contributed by atoms with Gasteiger partial charge in [-0.25, -0.2) is 14.8 Å². The molecule has 2 rings (SSSR count). The van der Waals surface area contributed by atoms with Crippen LogP contribution in [0.3, 0.4) is 0 Å². The van der Waals surface area contributed by atoms with Crippen LogP contribution in [0.5, 0.6) is 0 Å². The second-order valence-corrected chi connectivity index (χ2v) is 4.29. The molecule has 0 aliphatic carbocycles. The lowest BCUT2D eigenvalue weighted by molar-refractivity contribution is 0.0525. The molecule has 2 heterocycles. The molecule has 18 heavy (non-hydrogen) atoms. The van der Waals surface area contributed by atoms with Crippen molar-refractivity contribution in [2.75, 3.05) is 6.61 Å². The van der Waals surface area contributed by atoms with Crippen molar-refractivity contribution in [1.29, 1.82) is 0 Å². The molecule has 6 heteroatoms. The topological polar surface area (TPSA) is 65.0 Å². The number of carbonyl (C=O) groups excluding carboxylic acids is 1. The average Bonchev–Trinajstić information content (AvgIpc) is 2.40. The molecule has 2 aromatic rings. The fraction of sp³-hybridized carbons (Fsp3) is 0.167. The SMILES string of the molecule is CCOC(=O)c1cnc(-c2ccc(Br)cn2)nc1. The first-order valence-electron chi connectivity index (χ1n) is 5.32. The van der Waals surface area contributed by atoms with Crippen LogP contribution in [0.15, 0.2) is 35.2 Å². The van der Waals surface area contributed by atoms with Crippen molar-refractivity contribution in [2.45, 2.75) is 6.92 Å². The number of rotatable bonds is 3. The van der Waals surface area contributed by atoms with Gasteiger partial charge in [-0.2, -0.15) is 0 Å². The third-order valence-corrected chi connectivity index (χ3v) is 2.59. The van der Waals surface area contributed by atoms with Crippen LogP contribution in [0.1, 0.15) is 17.3 Å². The Morgan fingerprint density at radius 1 is 1.22 bits per heavy atom. The van der Waals surface area contributed by atoms with Crippen molar-refractivity contribution in [1.82, 2.24) is 15.0 Å². The van der Waals surface area contributed by atoms with Crippen LogP contribution >= 0.6 is 15.9 Å². The van der Waals surface area contributed by atoms with Crippen molar-refractivity contribution in [2.24, 2.45) is 0 Å². The van der Waals surface area contributed by atoms with E-state index in [-0.39, 0.29) is 0 Å². The number of carbonyl (C=O) groups is 1. The molecule has 92 valence electrons. The first-order valence-corrected chi connectivity index (χ1v) is 6.11. The van der Waals surface area contributed by atoms with E-state index in [0.717, 1.165) is 4.47 Å². The summed E-state index contributed by atoms with van der Waals surface area (Å²) in [6, 6.07) is 3.65. The van der Waals surface area contributed by atoms with Crippen LogP contribution in [-0.4, -0.2) is 27.5 Å². The van der Waals surface area contributed by atoms with E-state index < -0.39 is 5.97 Å². The van der Waals surface area contributed by atoms with Gasteiger partial charge in [0.15, 0.2) is 5.82 Å². The third-order valence-electron chi connectivity index (χ3n) is 2.12. The van der Waals surface area contributed by atoms with Gasteiger partial charge in [-0.1, -0.05) is 0 Å². The highest BCUT2D eigenvalue weighted by Crippen LogP contribution is 2.14. The van der Waals surface area contributed by atoms with Crippen LogP contribution in [0.25, 0.3) is 11.5 Å². The Morgan fingerprint density at radius 2 is 1.94 bits per heavy atom. The summed E-state index contributed by atoms with van der Waals surface area (Å²) in [5, 5.41) is 0. The number of hydrogen-bond acceptors (Lipinski definition) is 5. The first-order chi connectivity index (χ1) is 8.70. The van der Waals surface area contributed by atoms with E-state index in [2.05, 4.69) is 30.9 Å². The summed E-state index contributed by atoms with van der Waals surface area (Å²) in [6.07, 6.45) is 4.53. The number of esters is 1. The van der Waals surface area contributed by atoms with Gasteiger partial charge in [-0.05, 0) is 35.0 Å². The van der Waals surface area contributed by atoms with E-state index in [1.165, 1.54) is 12.4 Å². The molecule has 0 saturated heterocycles. The summed E-state index contributed by atoms with van der Waals surface area (Å²) >= 11 is 3.30. The summed E-state index contributed by atoms with van der Waals surface area (Å²) in [6.45, 7) is 2.08. The molecule has 0 saturated carbocycles. The number of aromatic nitrogens is 3. The van der Waals surface area contributed by atoms with Crippen molar-refractivity contribution in [3.05, 3.63) is 40.8 Å². The normalized spacial score (nSPS) is 10.1. The molecule has 0 unspecified atom stereocenters.